The molecule has 5 heteroatoms. The summed E-state index contributed by atoms with van der Waals surface area (Å²) >= 11 is 0. The number of carbonyl (C=O) groups is 1. The average Bonchev–Trinajstić information content (AvgIpc) is 3.00. The summed E-state index contributed by atoms with van der Waals surface area (Å²) in [5, 5.41) is 6.62. The monoisotopic (exact) mass is 312 g/mol. The van der Waals surface area contributed by atoms with E-state index in [1.54, 1.807) is 13.0 Å². The van der Waals surface area contributed by atoms with E-state index in [0.717, 1.165) is 19.5 Å². The van der Waals surface area contributed by atoms with E-state index in [0.29, 0.717) is 11.6 Å². The molecule has 23 heavy (non-hydrogen) atoms. The fraction of sp³-hybridized carbons (Fsp3) is 0.333. The molecule has 2 aromatic rings. The molecular formula is C18H22N3O2+. The number of nitrogens with one attached hydrogen (secondary N) is 2. The van der Waals surface area contributed by atoms with Crippen LogP contribution in [0.4, 0.5) is 5.82 Å². The van der Waals surface area contributed by atoms with Gasteiger partial charge >= 0.3 is 0 Å². The second-order valence-electron chi connectivity index (χ2n) is 5.99. The van der Waals surface area contributed by atoms with Crippen molar-refractivity contribution in [2.45, 2.75) is 26.3 Å². The molecule has 1 aliphatic rings. The summed E-state index contributed by atoms with van der Waals surface area (Å²) in [6, 6.07) is 12.0. The molecular weight excluding hydrogens is 290 g/mol. The summed E-state index contributed by atoms with van der Waals surface area (Å²) in [7, 11) is 0. The van der Waals surface area contributed by atoms with Crippen LogP contribution in [0, 0.1) is 6.92 Å². The Kier molecular flexibility index (Phi) is 4.57. The van der Waals surface area contributed by atoms with E-state index < -0.39 is 0 Å². The maximum absolute atomic E-state index is 12.3. The minimum Gasteiger partial charge on any atom is -0.360 e. The van der Waals surface area contributed by atoms with Crippen molar-refractivity contribution in [1.29, 1.82) is 0 Å². The van der Waals surface area contributed by atoms with Crippen molar-refractivity contribution < 1.29 is 14.2 Å². The van der Waals surface area contributed by atoms with E-state index in [-0.39, 0.29) is 11.9 Å². The van der Waals surface area contributed by atoms with E-state index >= 15 is 0 Å². The molecule has 1 aliphatic heterocycles. The minimum absolute atomic E-state index is 0.0233. The molecule has 1 aromatic heterocycles. The second kappa shape index (κ2) is 6.79. The number of nitrogens with zero attached hydrogens (tertiary/aromatic N) is 1. The van der Waals surface area contributed by atoms with Gasteiger partial charge in [0.15, 0.2) is 11.9 Å². The molecule has 1 amide bonds. The highest BCUT2D eigenvalue weighted by atomic mass is 16.5. The van der Waals surface area contributed by atoms with Gasteiger partial charge in [-0.05, 0) is 31.1 Å². The molecule has 3 rings (SSSR count). The summed E-state index contributed by atoms with van der Waals surface area (Å²) in [6.07, 6.45) is 3.23. The van der Waals surface area contributed by atoms with Gasteiger partial charge in [0.25, 0.3) is 5.91 Å². The fourth-order valence-corrected chi connectivity index (χ4v) is 2.91. The molecule has 1 unspecified atom stereocenters. The number of aromatic nitrogens is 1. The smallest absolute Gasteiger partial charge is 0.283 e. The molecule has 5 nitrogen and oxygen atoms in total. The maximum Gasteiger partial charge on any atom is 0.283 e. The van der Waals surface area contributed by atoms with Gasteiger partial charge in [-0.3, -0.25) is 4.79 Å². The van der Waals surface area contributed by atoms with Gasteiger partial charge in [0.1, 0.15) is 5.76 Å². The van der Waals surface area contributed by atoms with Crippen LogP contribution in [0.15, 0.2) is 47.0 Å². The van der Waals surface area contributed by atoms with Gasteiger partial charge in [-0.15, -0.1) is 0 Å². The van der Waals surface area contributed by atoms with Gasteiger partial charge in [-0.25, -0.2) is 0 Å². The van der Waals surface area contributed by atoms with Crippen LogP contribution >= 0.6 is 0 Å². The SMILES string of the molecule is Cc1cc(NC(=O)[C@H](C)[NH+]2CC=C(c3ccccc3)CC2)no1. The second-order valence-corrected chi connectivity index (χ2v) is 5.99. The Morgan fingerprint density at radius 1 is 1.35 bits per heavy atom. The topological polar surface area (TPSA) is 59.6 Å². The van der Waals surface area contributed by atoms with Crippen LogP contribution in [-0.4, -0.2) is 30.2 Å². The first-order valence-electron chi connectivity index (χ1n) is 7.96. The van der Waals surface area contributed by atoms with Crippen LogP contribution in [0.2, 0.25) is 0 Å². The predicted molar refractivity (Wildman–Crippen MR) is 89.1 cm³/mol. The van der Waals surface area contributed by atoms with Gasteiger partial charge in [-0.1, -0.05) is 35.5 Å². The Hall–Kier alpha value is -2.40. The Morgan fingerprint density at radius 3 is 2.74 bits per heavy atom. The number of rotatable bonds is 4. The van der Waals surface area contributed by atoms with Crippen molar-refractivity contribution in [2.75, 3.05) is 18.4 Å². The first-order valence-corrected chi connectivity index (χ1v) is 7.96. The van der Waals surface area contributed by atoms with Crippen molar-refractivity contribution in [1.82, 2.24) is 5.16 Å². The number of quaternary nitrogens is 1. The van der Waals surface area contributed by atoms with Crippen molar-refractivity contribution in [3.8, 4) is 0 Å². The highest BCUT2D eigenvalue weighted by Gasteiger charge is 2.27. The first-order chi connectivity index (χ1) is 11.1. The van der Waals surface area contributed by atoms with Crippen molar-refractivity contribution >= 4 is 17.3 Å². The molecule has 0 saturated heterocycles. The number of aryl methyl sites for hydroxylation is 1. The Morgan fingerprint density at radius 2 is 2.13 bits per heavy atom. The summed E-state index contributed by atoms with van der Waals surface area (Å²) in [5.41, 5.74) is 2.65. The molecule has 0 radical (unpaired) electrons. The average molecular weight is 312 g/mol. The van der Waals surface area contributed by atoms with E-state index in [1.165, 1.54) is 16.0 Å². The van der Waals surface area contributed by atoms with E-state index in [1.807, 2.05) is 13.0 Å². The minimum atomic E-state index is -0.124. The number of amides is 1. The lowest BCUT2D eigenvalue weighted by molar-refractivity contribution is -0.909. The highest BCUT2D eigenvalue weighted by Crippen LogP contribution is 2.18. The quantitative estimate of drug-likeness (QED) is 0.903. The van der Waals surface area contributed by atoms with Gasteiger partial charge in [0.05, 0.1) is 13.1 Å². The molecule has 0 fully saturated rings. The molecule has 0 bridgehead atoms. The zero-order valence-electron chi connectivity index (χ0n) is 13.5. The third-order valence-electron chi connectivity index (χ3n) is 4.36. The predicted octanol–water partition coefficient (Wildman–Crippen LogP) is 1.68. The summed E-state index contributed by atoms with van der Waals surface area (Å²) < 4.78 is 4.97. The lowest BCUT2D eigenvalue weighted by Crippen LogP contribution is -3.17. The molecule has 120 valence electrons. The lowest BCUT2D eigenvalue weighted by Gasteiger charge is -2.28. The number of hydrogen-bond acceptors (Lipinski definition) is 3. The zero-order valence-corrected chi connectivity index (χ0v) is 13.5. The number of carbonyl (C=O) groups excluding carboxylic acids is 1. The van der Waals surface area contributed by atoms with Crippen LogP contribution in [0.5, 0.6) is 0 Å². The van der Waals surface area contributed by atoms with E-state index in [4.69, 9.17) is 4.52 Å². The normalized spacial score (nSPS) is 19.0. The molecule has 2 heterocycles. The number of benzene rings is 1. The van der Waals surface area contributed by atoms with Crippen molar-refractivity contribution in [2.24, 2.45) is 0 Å². The van der Waals surface area contributed by atoms with Crippen LogP contribution in [-0.2, 0) is 4.79 Å². The van der Waals surface area contributed by atoms with Gasteiger partial charge in [-0.2, -0.15) is 0 Å². The molecule has 2 N–H and O–H groups in total. The fourth-order valence-electron chi connectivity index (χ4n) is 2.91. The molecule has 0 spiro atoms. The van der Waals surface area contributed by atoms with Crippen LogP contribution in [0.25, 0.3) is 5.57 Å². The van der Waals surface area contributed by atoms with Crippen LogP contribution < -0.4 is 10.2 Å². The van der Waals surface area contributed by atoms with Gasteiger partial charge in [0.2, 0.25) is 0 Å². The zero-order chi connectivity index (χ0) is 16.2. The van der Waals surface area contributed by atoms with E-state index in [9.17, 15) is 4.79 Å². The van der Waals surface area contributed by atoms with Gasteiger partial charge in [0, 0.05) is 12.5 Å². The van der Waals surface area contributed by atoms with Gasteiger partial charge < -0.3 is 14.7 Å². The lowest BCUT2D eigenvalue weighted by atomic mass is 9.99. The largest absolute Gasteiger partial charge is 0.360 e. The third-order valence-corrected chi connectivity index (χ3v) is 4.36. The Bertz CT molecular complexity index is 706. The summed E-state index contributed by atoms with van der Waals surface area (Å²) in [4.78, 5) is 13.6. The van der Waals surface area contributed by atoms with E-state index in [2.05, 4.69) is 40.8 Å². The van der Waals surface area contributed by atoms with Crippen molar-refractivity contribution in [3.63, 3.8) is 0 Å². The summed E-state index contributed by atoms with van der Waals surface area (Å²) in [5.74, 6) is 1.15. The summed E-state index contributed by atoms with van der Waals surface area (Å²) in [6.45, 7) is 5.57. The van der Waals surface area contributed by atoms with Crippen molar-refractivity contribution in [3.05, 3.63) is 53.8 Å². The standard InChI is InChI=1S/C18H21N3O2/c1-13-12-17(20-23-13)19-18(22)14(2)21-10-8-16(9-11-21)15-6-4-3-5-7-15/h3-8,12,14H,9-11H2,1-2H3,(H,19,20,22)/p+1/t14-/m0/s1. The maximum atomic E-state index is 12.3. The molecule has 0 saturated carbocycles. The Labute approximate surface area is 136 Å². The first kappa shape index (κ1) is 15.5. The number of hydrogen-bond donors (Lipinski definition) is 2. The Balaban J connectivity index is 1.60. The molecule has 2 atom stereocenters. The number of anilines is 1. The van der Waals surface area contributed by atoms with Crippen LogP contribution in [0.3, 0.4) is 0 Å². The third kappa shape index (κ3) is 3.68. The van der Waals surface area contributed by atoms with Crippen LogP contribution in [0.1, 0.15) is 24.7 Å². The highest BCUT2D eigenvalue weighted by molar-refractivity contribution is 5.92. The molecule has 1 aromatic carbocycles. The molecule has 0 aliphatic carbocycles.